The highest BCUT2D eigenvalue weighted by Gasteiger charge is 2.25. The Morgan fingerprint density at radius 1 is 1.10 bits per heavy atom. The maximum Gasteiger partial charge on any atom is 0.328 e. The Hall–Kier alpha value is -1.14. The number of carbonyl (C=O) groups is 2. The zero-order valence-corrected chi connectivity index (χ0v) is 13.6. The number of nitrogens with one attached hydrogen (secondary N) is 1. The summed E-state index contributed by atoms with van der Waals surface area (Å²) in [5.41, 5.74) is 4.75. The van der Waals surface area contributed by atoms with E-state index in [1.165, 1.54) is 0 Å². The van der Waals surface area contributed by atoms with Gasteiger partial charge in [-0.25, -0.2) is 4.79 Å². The van der Waals surface area contributed by atoms with Gasteiger partial charge < -0.3 is 20.5 Å². The number of hydrogen-bond donors (Lipinski definition) is 2. The Balaban J connectivity index is 4.28. The van der Waals surface area contributed by atoms with Crippen LogP contribution in [-0.4, -0.2) is 41.8 Å². The maximum atomic E-state index is 11.8. The van der Waals surface area contributed by atoms with Crippen LogP contribution in [0.3, 0.4) is 0 Å². The molecule has 3 N–H and O–H groups in total. The molecule has 0 heterocycles. The van der Waals surface area contributed by atoms with Crippen LogP contribution in [0.25, 0.3) is 0 Å². The molecule has 0 rings (SSSR count). The first-order valence-electron chi connectivity index (χ1n) is 6.74. The third-order valence-corrected chi connectivity index (χ3v) is 2.15. The summed E-state index contributed by atoms with van der Waals surface area (Å²) in [6, 6.07) is -1.57. The van der Waals surface area contributed by atoms with Crippen LogP contribution in [0.2, 0.25) is 0 Å². The summed E-state index contributed by atoms with van der Waals surface area (Å²) < 4.78 is 10.6. The second-order valence-electron chi connectivity index (χ2n) is 6.79. The Kier molecular flexibility index (Phi) is 6.64. The number of amides is 1. The van der Waals surface area contributed by atoms with E-state index < -0.39 is 29.6 Å². The molecule has 0 fully saturated rings. The molecule has 0 radical (unpaired) electrons. The molecule has 0 aliphatic carbocycles. The van der Waals surface area contributed by atoms with Crippen LogP contribution >= 0.6 is 0 Å². The molecule has 0 bridgehead atoms. The molecule has 1 amide bonds. The number of ether oxygens (including phenoxy) is 2. The molecule has 0 aromatic carbocycles. The van der Waals surface area contributed by atoms with Gasteiger partial charge in [-0.1, -0.05) is 0 Å². The van der Waals surface area contributed by atoms with Crippen molar-refractivity contribution in [2.24, 2.45) is 5.73 Å². The largest absolute Gasteiger partial charge is 0.458 e. The van der Waals surface area contributed by atoms with Crippen molar-refractivity contribution in [3.63, 3.8) is 0 Å². The lowest BCUT2D eigenvalue weighted by molar-refractivity contribution is -0.158. The van der Waals surface area contributed by atoms with Crippen LogP contribution in [0.1, 0.15) is 48.5 Å². The van der Waals surface area contributed by atoms with Crippen LogP contribution < -0.4 is 11.1 Å². The van der Waals surface area contributed by atoms with E-state index in [4.69, 9.17) is 15.2 Å². The molecular formula is C14H28N2O4. The van der Waals surface area contributed by atoms with Crippen molar-refractivity contribution in [3.05, 3.63) is 0 Å². The molecule has 0 unspecified atom stereocenters. The Morgan fingerprint density at radius 2 is 1.60 bits per heavy atom. The van der Waals surface area contributed by atoms with Crippen molar-refractivity contribution in [2.75, 3.05) is 6.61 Å². The van der Waals surface area contributed by atoms with Crippen LogP contribution in [0, 0.1) is 0 Å². The lowest BCUT2D eigenvalue weighted by Crippen LogP contribution is -2.50. The van der Waals surface area contributed by atoms with Crippen LogP contribution in [0.5, 0.6) is 0 Å². The van der Waals surface area contributed by atoms with Gasteiger partial charge >= 0.3 is 5.97 Å². The standard InChI is InChI=1S/C14H28N2O4/c1-9(12(18)20-14(5,6)7)16-11(17)10(15)8-19-13(2,3)4/h9-10H,8,15H2,1-7H3,(H,16,17)/t9-,10+/m0/s1. The van der Waals surface area contributed by atoms with Crippen molar-refractivity contribution < 1.29 is 19.1 Å². The Labute approximate surface area is 121 Å². The molecule has 118 valence electrons. The fourth-order valence-electron chi connectivity index (χ4n) is 1.18. The molecular weight excluding hydrogens is 260 g/mol. The normalized spacial score (nSPS) is 15.4. The second kappa shape index (κ2) is 7.04. The summed E-state index contributed by atoms with van der Waals surface area (Å²) in [4.78, 5) is 23.5. The first-order valence-corrected chi connectivity index (χ1v) is 6.74. The Morgan fingerprint density at radius 3 is 2.00 bits per heavy atom. The number of rotatable bonds is 5. The van der Waals surface area contributed by atoms with Gasteiger partial charge in [-0.2, -0.15) is 0 Å². The van der Waals surface area contributed by atoms with Crippen molar-refractivity contribution in [2.45, 2.75) is 71.8 Å². The summed E-state index contributed by atoms with van der Waals surface area (Å²) in [5, 5.41) is 2.52. The highest BCUT2D eigenvalue weighted by molar-refractivity contribution is 5.87. The highest BCUT2D eigenvalue weighted by Crippen LogP contribution is 2.09. The predicted octanol–water partition coefficient (Wildman–Crippen LogP) is 0.975. The molecule has 6 heteroatoms. The molecule has 0 saturated carbocycles. The average Bonchev–Trinajstić information content (AvgIpc) is 2.22. The van der Waals surface area contributed by atoms with E-state index in [9.17, 15) is 9.59 Å². The van der Waals surface area contributed by atoms with Gasteiger partial charge in [0.2, 0.25) is 5.91 Å². The fourth-order valence-corrected chi connectivity index (χ4v) is 1.18. The molecule has 0 aromatic heterocycles. The molecule has 0 saturated heterocycles. The molecule has 2 atom stereocenters. The number of nitrogens with two attached hydrogens (primary N) is 1. The zero-order chi connectivity index (χ0) is 16.1. The third-order valence-electron chi connectivity index (χ3n) is 2.15. The van der Waals surface area contributed by atoms with Gasteiger partial charge in [0.1, 0.15) is 17.7 Å². The molecule has 20 heavy (non-hydrogen) atoms. The monoisotopic (exact) mass is 288 g/mol. The van der Waals surface area contributed by atoms with Crippen LogP contribution in [-0.2, 0) is 19.1 Å². The minimum atomic E-state index is -0.820. The summed E-state index contributed by atoms with van der Waals surface area (Å²) in [5.74, 6) is -0.928. The lowest BCUT2D eigenvalue weighted by atomic mass is 10.2. The average molecular weight is 288 g/mol. The minimum absolute atomic E-state index is 0.0936. The molecule has 6 nitrogen and oxygen atoms in total. The van der Waals surface area contributed by atoms with Gasteiger partial charge in [-0.05, 0) is 48.5 Å². The fraction of sp³-hybridized carbons (Fsp3) is 0.857. The summed E-state index contributed by atoms with van der Waals surface area (Å²) in [6.07, 6.45) is 0. The first kappa shape index (κ1) is 18.9. The van der Waals surface area contributed by atoms with Crippen molar-refractivity contribution >= 4 is 11.9 Å². The molecule has 0 aliphatic rings. The van der Waals surface area contributed by atoms with Gasteiger partial charge in [0.15, 0.2) is 0 Å². The summed E-state index contributed by atoms with van der Waals surface area (Å²) in [6.45, 7) is 12.6. The topological polar surface area (TPSA) is 90.7 Å². The van der Waals surface area contributed by atoms with Crippen molar-refractivity contribution in [1.29, 1.82) is 0 Å². The number of carbonyl (C=O) groups excluding carboxylic acids is 2. The third kappa shape index (κ3) is 8.87. The summed E-state index contributed by atoms with van der Waals surface area (Å²) >= 11 is 0. The smallest absolute Gasteiger partial charge is 0.328 e. The SMILES string of the molecule is C[C@H](NC(=O)[C@H](N)COC(C)(C)C)C(=O)OC(C)(C)C. The number of hydrogen-bond acceptors (Lipinski definition) is 5. The minimum Gasteiger partial charge on any atom is -0.458 e. The lowest BCUT2D eigenvalue weighted by Gasteiger charge is -2.24. The number of esters is 1. The van der Waals surface area contributed by atoms with E-state index >= 15 is 0 Å². The summed E-state index contributed by atoms with van der Waals surface area (Å²) in [7, 11) is 0. The van der Waals surface area contributed by atoms with Crippen LogP contribution in [0.4, 0.5) is 0 Å². The van der Waals surface area contributed by atoms with E-state index in [2.05, 4.69) is 5.32 Å². The van der Waals surface area contributed by atoms with Gasteiger partial charge in [0.25, 0.3) is 0 Å². The van der Waals surface area contributed by atoms with Gasteiger partial charge in [0.05, 0.1) is 12.2 Å². The van der Waals surface area contributed by atoms with E-state index in [0.717, 1.165) is 0 Å². The molecule has 0 spiro atoms. The van der Waals surface area contributed by atoms with Crippen LogP contribution in [0.15, 0.2) is 0 Å². The maximum absolute atomic E-state index is 11.8. The molecule has 0 aliphatic heterocycles. The Bertz CT molecular complexity index is 342. The second-order valence-corrected chi connectivity index (χ2v) is 6.79. The first-order chi connectivity index (χ1) is 8.82. The van der Waals surface area contributed by atoms with Gasteiger partial charge in [0, 0.05) is 0 Å². The van der Waals surface area contributed by atoms with Gasteiger partial charge in [-0.15, -0.1) is 0 Å². The highest BCUT2D eigenvalue weighted by atomic mass is 16.6. The van der Waals surface area contributed by atoms with Crippen molar-refractivity contribution in [3.8, 4) is 0 Å². The van der Waals surface area contributed by atoms with Crippen molar-refractivity contribution in [1.82, 2.24) is 5.32 Å². The van der Waals surface area contributed by atoms with Gasteiger partial charge in [-0.3, -0.25) is 4.79 Å². The predicted molar refractivity (Wildman–Crippen MR) is 77.1 cm³/mol. The molecule has 0 aromatic rings. The quantitative estimate of drug-likeness (QED) is 0.736. The zero-order valence-electron chi connectivity index (χ0n) is 13.6. The van der Waals surface area contributed by atoms with E-state index in [1.807, 2.05) is 20.8 Å². The van der Waals surface area contributed by atoms with E-state index in [1.54, 1.807) is 27.7 Å². The van der Waals surface area contributed by atoms with E-state index in [0.29, 0.717) is 0 Å². The van der Waals surface area contributed by atoms with E-state index in [-0.39, 0.29) is 12.2 Å².